The maximum Gasteiger partial charge on any atom is 0.335 e. The standard InChI is InChI=1S/C23H20N4O4/c1-13-9-14(2)11-17(10-13)26-21(29)19(20(28)24-23(26)31)12-18-15(3)25-27(22(18)30)16-7-5-4-6-8-16/h4-12,18H,1-3H3,(H,24,28,31)/t18-/m1/s1. The molecule has 4 rings (SSSR count). The zero-order valence-electron chi connectivity index (χ0n) is 17.2. The number of nitrogens with one attached hydrogen (secondary N) is 1. The Morgan fingerprint density at radius 2 is 1.55 bits per heavy atom. The van der Waals surface area contributed by atoms with Crippen LogP contribution in [-0.4, -0.2) is 29.5 Å². The fraction of sp³-hybridized carbons (Fsp3) is 0.174. The Morgan fingerprint density at radius 1 is 0.903 bits per heavy atom. The Bertz CT molecular complexity index is 1160. The Hall–Kier alpha value is -4.07. The monoisotopic (exact) mass is 416 g/mol. The molecule has 0 aliphatic carbocycles. The summed E-state index contributed by atoms with van der Waals surface area (Å²) >= 11 is 0. The first-order valence-corrected chi connectivity index (χ1v) is 9.70. The highest BCUT2D eigenvalue weighted by atomic mass is 16.2. The predicted molar refractivity (Wildman–Crippen MR) is 116 cm³/mol. The Labute approximate surface area is 178 Å². The van der Waals surface area contributed by atoms with Crippen molar-refractivity contribution < 1.29 is 19.2 Å². The zero-order valence-corrected chi connectivity index (χ0v) is 17.2. The Balaban J connectivity index is 1.69. The largest absolute Gasteiger partial charge is 0.335 e. The number of urea groups is 1. The molecule has 8 heteroatoms. The minimum atomic E-state index is -0.890. The normalized spacial score (nSPS) is 20.4. The summed E-state index contributed by atoms with van der Waals surface area (Å²) in [6.07, 6.45) is 1.28. The van der Waals surface area contributed by atoms with Crippen LogP contribution in [0.3, 0.4) is 0 Å². The van der Waals surface area contributed by atoms with Gasteiger partial charge in [-0.05, 0) is 62.2 Å². The van der Waals surface area contributed by atoms with Gasteiger partial charge in [-0.2, -0.15) is 10.1 Å². The number of para-hydroxylation sites is 1. The van der Waals surface area contributed by atoms with E-state index in [0.29, 0.717) is 17.1 Å². The number of hydrogen-bond donors (Lipinski definition) is 1. The van der Waals surface area contributed by atoms with E-state index in [9.17, 15) is 19.2 Å². The van der Waals surface area contributed by atoms with Crippen LogP contribution >= 0.6 is 0 Å². The van der Waals surface area contributed by atoms with Crippen LogP contribution in [0.1, 0.15) is 18.1 Å². The molecule has 8 nitrogen and oxygen atoms in total. The van der Waals surface area contributed by atoms with Crippen LogP contribution in [0.2, 0.25) is 0 Å². The van der Waals surface area contributed by atoms with E-state index in [0.717, 1.165) is 16.0 Å². The molecule has 0 bridgehead atoms. The molecule has 0 radical (unpaired) electrons. The zero-order chi connectivity index (χ0) is 22.3. The molecule has 0 saturated carbocycles. The predicted octanol–water partition coefficient (Wildman–Crippen LogP) is 2.85. The number of amides is 5. The highest BCUT2D eigenvalue weighted by Crippen LogP contribution is 2.28. The number of imide groups is 2. The Morgan fingerprint density at radius 3 is 2.19 bits per heavy atom. The first kappa shape index (κ1) is 20.2. The van der Waals surface area contributed by atoms with Gasteiger partial charge in [-0.3, -0.25) is 19.7 Å². The minimum Gasteiger partial charge on any atom is -0.273 e. The summed E-state index contributed by atoms with van der Waals surface area (Å²) in [6, 6.07) is 13.3. The third-order valence-corrected chi connectivity index (χ3v) is 5.08. The number of barbiturate groups is 1. The van der Waals surface area contributed by atoms with Gasteiger partial charge in [-0.15, -0.1) is 0 Å². The minimum absolute atomic E-state index is 0.276. The first-order valence-electron chi connectivity index (χ1n) is 9.70. The summed E-state index contributed by atoms with van der Waals surface area (Å²) in [5, 5.41) is 7.72. The fourth-order valence-electron chi connectivity index (χ4n) is 3.68. The summed E-state index contributed by atoms with van der Waals surface area (Å²) in [5.74, 6) is -2.89. The van der Waals surface area contributed by atoms with Crippen molar-refractivity contribution in [1.82, 2.24) is 5.32 Å². The van der Waals surface area contributed by atoms with Crippen molar-refractivity contribution in [3.63, 3.8) is 0 Å². The lowest BCUT2D eigenvalue weighted by Crippen LogP contribution is -2.54. The lowest BCUT2D eigenvalue weighted by molar-refractivity contribution is -0.122. The van der Waals surface area contributed by atoms with Gasteiger partial charge in [0.15, 0.2) is 0 Å². The van der Waals surface area contributed by atoms with Gasteiger partial charge in [0.2, 0.25) is 0 Å². The van der Waals surface area contributed by atoms with E-state index in [1.54, 1.807) is 43.3 Å². The van der Waals surface area contributed by atoms with Gasteiger partial charge >= 0.3 is 6.03 Å². The third-order valence-electron chi connectivity index (χ3n) is 5.08. The lowest BCUT2D eigenvalue weighted by Gasteiger charge is -2.27. The molecule has 2 heterocycles. The second kappa shape index (κ2) is 7.64. The second-order valence-corrected chi connectivity index (χ2v) is 7.53. The van der Waals surface area contributed by atoms with Gasteiger partial charge in [0, 0.05) is 0 Å². The second-order valence-electron chi connectivity index (χ2n) is 7.53. The fourth-order valence-corrected chi connectivity index (χ4v) is 3.68. The first-order chi connectivity index (χ1) is 14.8. The third kappa shape index (κ3) is 3.63. The van der Waals surface area contributed by atoms with Crippen LogP contribution in [0.4, 0.5) is 16.2 Å². The highest BCUT2D eigenvalue weighted by Gasteiger charge is 2.40. The molecule has 1 saturated heterocycles. The van der Waals surface area contributed by atoms with E-state index < -0.39 is 23.8 Å². The number of anilines is 2. The van der Waals surface area contributed by atoms with Crippen molar-refractivity contribution >= 4 is 40.8 Å². The number of carbonyl (C=O) groups excluding carboxylic acids is 4. The van der Waals surface area contributed by atoms with E-state index in [2.05, 4.69) is 10.4 Å². The van der Waals surface area contributed by atoms with Crippen LogP contribution in [-0.2, 0) is 14.4 Å². The summed E-state index contributed by atoms with van der Waals surface area (Å²) < 4.78 is 0. The molecule has 0 aromatic heterocycles. The van der Waals surface area contributed by atoms with Crippen molar-refractivity contribution in [3.8, 4) is 0 Å². The molecule has 0 spiro atoms. The average Bonchev–Trinajstić information content (AvgIpc) is 2.98. The smallest absolute Gasteiger partial charge is 0.273 e. The number of hydrogen-bond acceptors (Lipinski definition) is 5. The average molecular weight is 416 g/mol. The van der Waals surface area contributed by atoms with Crippen LogP contribution in [0.25, 0.3) is 0 Å². The van der Waals surface area contributed by atoms with Gasteiger partial charge in [-0.1, -0.05) is 24.3 Å². The van der Waals surface area contributed by atoms with Gasteiger partial charge in [0.05, 0.1) is 23.0 Å². The van der Waals surface area contributed by atoms with E-state index in [1.807, 2.05) is 26.0 Å². The van der Waals surface area contributed by atoms with Gasteiger partial charge in [-0.25, -0.2) is 9.69 Å². The number of benzene rings is 2. The topological polar surface area (TPSA) is 99.2 Å². The molecule has 0 unspecified atom stereocenters. The number of hydrazone groups is 1. The number of rotatable bonds is 3. The van der Waals surface area contributed by atoms with Crippen molar-refractivity contribution in [1.29, 1.82) is 0 Å². The van der Waals surface area contributed by atoms with Crippen molar-refractivity contribution in [2.45, 2.75) is 20.8 Å². The van der Waals surface area contributed by atoms with Crippen LogP contribution in [0.5, 0.6) is 0 Å². The van der Waals surface area contributed by atoms with Crippen molar-refractivity contribution in [3.05, 3.63) is 71.3 Å². The van der Waals surface area contributed by atoms with E-state index in [1.165, 1.54) is 11.1 Å². The van der Waals surface area contributed by atoms with E-state index in [4.69, 9.17) is 0 Å². The van der Waals surface area contributed by atoms with E-state index in [-0.39, 0.29) is 11.5 Å². The van der Waals surface area contributed by atoms with Crippen LogP contribution in [0.15, 0.2) is 65.3 Å². The molecular formula is C23H20N4O4. The summed E-state index contributed by atoms with van der Waals surface area (Å²) in [4.78, 5) is 51.9. The lowest BCUT2D eigenvalue weighted by atomic mass is 9.98. The van der Waals surface area contributed by atoms with Gasteiger partial charge in [0.25, 0.3) is 17.7 Å². The molecule has 2 aliphatic rings. The highest BCUT2D eigenvalue weighted by molar-refractivity contribution is 6.38. The molecule has 1 N–H and O–H groups in total. The molecule has 1 fully saturated rings. The summed E-state index contributed by atoms with van der Waals surface area (Å²) in [5.41, 5.74) is 2.83. The molecule has 2 aliphatic heterocycles. The maximum absolute atomic E-state index is 13.1. The van der Waals surface area contributed by atoms with Gasteiger partial charge in [0.1, 0.15) is 5.57 Å². The number of nitrogens with zero attached hydrogens (tertiary/aromatic N) is 3. The van der Waals surface area contributed by atoms with Crippen molar-refractivity contribution in [2.75, 3.05) is 9.91 Å². The molecule has 1 atom stereocenters. The summed E-state index contributed by atoms with van der Waals surface area (Å²) in [7, 11) is 0. The van der Waals surface area contributed by atoms with Crippen LogP contribution in [0, 0.1) is 19.8 Å². The molecule has 2 aromatic carbocycles. The molecule has 5 amide bonds. The van der Waals surface area contributed by atoms with Crippen LogP contribution < -0.4 is 15.2 Å². The number of carbonyl (C=O) groups is 4. The molecular weight excluding hydrogens is 396 g/mol. The SMILES string of the molecule is CC1=NN(c2ccccc2)C(=O)[C@@H]1C=C1C(=O)NC(=O)N(c2cc(C)cc(C)c2)C1=O. The summed E-state index contributed by atoms with van der Waals surface area (Å²) in [6.45, 7) is 5.35. The number of aryl methyl sites for hydroxylation is 2. The quantitative estimate of drug-likeness (QED) is 0.614. The molecule has 2 aromatic rings. The molecule has 31 heavy (non-hydrogen) atoms. The van der Waals surface area contributed by atoms with Gasteiger partial charge < -0.3 is 0 Å². The van der Waals surface area contributed by atoms with Crippen molar-refractivity contribution in [2.24, 2.45) is 11.0 Å². The van der Waals surface area contributed by atoms with E-state index >= 15 is 0 Å². The Kier molecular flexibility index (Phi) is 4.98. The molecule has 156 valence electrons. The maximum atomic E-state index is 13.1.